The molecule has 5 nitrogen and oxygen atoms in total. The Kier molecular flexibility index (Phi) is 5.39. The van der Waals surface area contributed by atoms with Crippen molar-refractivity contribution in [2.45, 2.75) is 44.8 Å². The number of amides is 1. The van der Waals surface area contributed by atoms with Gasteiger partial charge in [0.15, 0.2) is 11.5 Å². The number of ether oxygens (including phenoxy) is 2. The molecular formula is C18H26N2O3. The second-order valence-electron chi connectivity index (χ2n) is 6.39. The number of rotatable bonds is 5. The summed E-state index contributed by atoms with van der Waals surface area (Å²) < 4.78 is 11.3. The Hall–Kier alpha value is -1.75. The zero-order chi connectivity index (χ0) is 16.1. The summed E-state index contributed by atoms with van der Waals surface area (Å²) in [5.41, 5.74) is 0. The number of para-hydroxylation sites is 2. The van der Waals surface area contributed by atoms with Crippen LogP contribution < -0.4 is 14.8 Å². The zero-order valence-electron chi connectivity index (χ0n) is 13.8. The molecule has 2 heterocycles. The van der Waals surface area contributed by atoms with Gasteiger partial charge in [-0.15, -0.1) is 0 Å². The van der Waals surface area contributed by atoms with Crippen LogP contribution in [0.3, 0.4) is 0 Å². The van der Waals surface area contributed by atoms with Crippen LogP contribution in [-0.4, -0.2) is 49.2 Å². The number of nitrogens with zero attached hydrogens (tertiary/aromatic N) is 1. The first-order valence-electron chi connectivity index (χ1n) is 8.64. The van der Waals surface area contributed by atoms with Crippen LogP contribution in [0, 0.1) is 0 Å². The predicted molar refractivity (Wildman–Crippen MR) is 88.9 cm³/mol. The first-order valence-corrected chi connectivity index (χ1v) is 8.64. The van der Waals surface area contributed by atoms with E-state index in [1.165, 1.54) is 25.8 Å². The van der Waals surface area contributed by atoms with Crippen molar-refractivity contribution >= 4 is 5.91 Å². The molecule has 1 fully saturated rings. The van der Waals surface area contributed by atoms with E-state index in [9.17, 15) is 4.79 Å². The van der Waals surface area contributed by atoms with Crippen LogP contribution in [0.4, 0.5) is 0 Å². The Balaban J connectivity index is 1.38. The molecule has 1 aromatic rings. The lowest BCUT2D eigenvalue weighted by atomic mass is 10.0. The first-order chi connectivity index (χ1) is 11.2. The van der Waals surface area contributed by atoms with Crippen LogP contribution in [0.2, 0.25) is 0 Å². The molecular weight excluding hydrogens is 292 g/mol. The number of carbonyl (C=O) groups excluding carboxylic acids is 1. The molecule has 3 rings (SSSR count). The smallest absolute Gasteiger partial charge is 0.264 e. The average molecular weight is 318 g/mol. The van der Waals surface area contributed by atoms with Crippen LogP contribution in [0.1, 0.15) is 32.6 Å². The number of piperidine rings is 1. The molecule has 1 saturated heterocycles. The highest BCUT2D eigenvalue weighted by Gasteiger charge is 2.27. The van der Waals surface area contributed by atoms with Gasteiger partial charge in [-0.05, 0) is 44.9 Å². The van der Waals surface area contributed by atoms with Crippen molar-refractivity contribution in [3.8, 4) is 11.5 Å². The number of hydrogen-bond acceptors (Lipinski definition) is 4. The van der Waals surface area contributed by atoms with Gasteiger partial charge < -0.3 is 19.7 Å². The number of carbonyl (C=O) groups is 1. The third kappa shape index (κ3) is 4.16. The molecule has 0 bridgehead atoms. The molecule has 2 atom stereocenters. The molecule has 0 aliphatic carbocycles. The van der Waals surface area contributed by atoms with Gasteiger partial charge in [-0.1, -0.05) is 18.6 Å². The number of hydrogen-bond donors (Lipinski definition) is 1. The van der Waals surface area contributed by atoms with Crippen molar-refractivity contribution in [3.63, 3.8) is 0 Å². The number of fused-ring (bicyclic) bond motifs is 1. The molecule has 5 heteroatoms. The van der Waals surface area contributed by atoms with Crippen molar-refractivity contribution in [1.29, 1.82) is 0 Å². The molecule has 0 radical (unpaired) electrons. The number of benzene rings is 1. The normalized spacial score (nSPS) is 24.2. The highest BCUT2D eigenvalue weighted by atomic mass is 16.6. The maximum atomic E-state index is 12.2. The van der Waals surface area contributed by atoms with Crippen LogP contribution >= 0.6 is 0 Å². The van der Waals surface area contributed by atoms with Crippen LogP contribution in [0.15, 0.2) is 24.3 Å². The summed E-state index contributed by atoms with van der Waals surface area (Å²) in [4.78, 5) is 14.7. The summed E-state index contributed by atoms with van der Waals surface area (Å²) in [6, 6.07) is 8.12. The maximum Gasteiger partial charge on any atom is 0.264 e. The molecule has 1 aromatic carbocycles. The van der Waals surface area contributed by atoms with Gasteiger partial charge in [0.05, 0.1) is 0 Å². The third-order valence-corrected chi connectivity index (χ3v) is 4.66. The van der Waals surface area contributed by atoms with Crippen LogP contribution in [0.5, 0.6) is 11.5 Å². The van der Waals surface area contributed by atoms with Crippen molar-refractivity contribution < 1.29 is 14.3 Å². The fourth-order valence-electron chi connectivity index (χ4n) is 3.25. The summed E-state index contributed by atoms with van der Waals surface area (Å²) in [5.74, 6) is 1.25. The molecule has 0 aromatic heterocycles. The lowest BCUT2D eigenvalue weighted by Crippen LogP contribution is -2.45. The molecule has 23 heavy (non-hydrogen) atoms. The second-order valence-corrected chi connectivity index (χ2v) is 6.39. The molecule has 0 spiro atoms. The predicted octanol–water partition coefficient (Wildman–Crippen LogP) is 2.21. The number of likely N-dealkylation sites (tertiary alicyclic amines) is 1. The monoisotopic (exact) mass is 318 g/mol. The summed E-state index contributed by atoms with van der Waals surface area (Å²) in [6.45, 7) is 5.48. The molecule has 2 unspecified atom stereocenters. The van der Waals surface area contributed by atoms with E-state index in [0.29, 0.717) is 24.1 Å². The summed E-state index contributed by atoms with van der Waals surface area (Å²) in [6.07, 6.45) is 4.34. The van der Waals surface area contributed by atoms with Gasteiger partial charge in [0.25, 0.3) is 5.91 Å². The molecule has 1 amide bonds. The van der Waals surface area contributed by atoms with Crippen molar-refractivity contribution in [1.82, 2.24) is 10.2 Å². The molecule has 0 saturated carbocycles. The SMILES string of the molecule is CC1CCCCN1CCCNC(=O)C1COc2ccccc2O1. The lowest BCUT2D eigenvalue weighted by molar-refractivity contribution is -0.130. The second kappa shape index (κ2) is 7.68. The van der Waals surface area contributed by atoms with Crippen molar-refractivity contribution in [2.24, 2.45) is 0 Å². The van der Waals surface area contributed by atoms with E-state index in [1.807, 2.05) is 24.3 Å². The average Bonchev–Trinajstić information content (AvgIpc) is 2.59. The van der Waals surface area contributed by atoms with Gasteiger partial charge >= 0.3 is 0 Å². The van der Waals surface area contributed by atoms with E-state index in [0.717, 1.165) is 13.0 Å². The zero-order valence-corrected chi connectivity index (χ0v) is 13.8. The standard InChI is InChI=1S/C18H26N2O3/c1-14-7-4-5-11-20(14)12-6-10-19-18(21)17-13-22-15-8-2-3-9-16(15)23-17/h2-3,8-9,14,17H,4-7,10-13H2,1H3,(H,19,21). The van der Waals surface area contributed by atoms with Gasteiger partial charge in [0.2, 0.25) is 6.10 Å². The maximum absolute atomic E-state index is 12.2. The summed E-state index contributed by atoms with van der Waals surface area (Å²) in [7, 11) is 0. The topological polar surface area (TPSA) is 50.8 Å². The lowest BCUT2D eigenvalue weighted by Gasteiger charge is -2.33. The van der Waals surface area contributed by atoms with E-state index < -0.39 is 6.10 Å². The minimum atomic E-state index is -0.557. The minimum absolute atomic E-state index is 0.0915. The Morgan fingerprint density at radius 3 is 2.96 bits per heavy atom. The summed E-state index contributed by atoms with van der Waals surface area (Å²) in [5, 5.41) is 2.97. The van der Waals surface area contributed by atoms with Crippen molar-refractivity contribution in [3.05, 3.63) is 24.3 Å². The Morgan fingerprint density at radius 1 is 1.30 bits per heavy atom. The fraction of sp³-hybridized carbons (Fsp3) is 0.611. The Bertz CT molecular complexity index is 535. The van der Waals surface area contributed by atoms with E-state index >= 15 is 0 Å². The molecule has 126 valence electrons. The van der Waals surface area contributed by atoms with Crippen LogP contribution in [0.25, 0.3) is 0 Å². The quantitative estimate of drug-likeness (QED) is 0.846. The van der Waals surface area contributed by atoms with Crippen LogP contribution in [-0.2, 0) is 4.79 Å². The highest BCUT2D eigenvalue weighted by Crippen LogP contribution is 2.30. The molecule has 1 N–H and O–H groups in total. The Morgan fingerprint density at radius 2 is 2.13 bits per heavy atom. The molecule has 2 aliphatic rings. The minimum Gasteiger partial charge on any atom is -0.485 e. The largest absolute Gasteiger partial charge is 0.485 e. The summed E-state index contributed by atoms with van der Waals surface area (Å²) >= 11 is 0. The number of nitrogens with one attached hydrogen (secondary N) is 1. The third-order valence-electron chi connectivity index (χ3n) is 4.66. The van der Waals surface area contributed by atoms with Gasteiger partial charge in [0.1, 0.15) is 6.61 Å². The van der Waals surface area contributed by atoms with E-state index in [1.54, 1.807) is 0 Å². The van der Waals surface area contributed by atoms with Gasteiger partial charge in [-0.3, -0.25) is 4.79 Å². The molecule has 2 aliphatic heterocycles. The fourth-order valence-corrected chi connectivity index (χ4v) is 3.25. The van der Waals surface area contributed by atoms with E-state index in [4.69, 9.17) is 9.47 Å². The highest BCUT2D eigenvalue weighted by molar-refractivity contribution is 5.81. The van der Waals surface area contributed by atoms with E-state index in [-0.39, 0.29) is 12.5 Å². The van der Waals surface area contributed by atoms with Crippen molar-refractivity contribution in [2.75, 3.05) is 26.2 Å². The van der Waals surface area contributed by atoms with E-state index in [2.05, 4.69) is 17.1 Å². The van der Waals surface area contributed by atoms with Gasteiger partial charge in [-0.2, -0.15) is 0 Å². The Labute approximate surface area is 137 Å². The van der Waals surface area contributed by atoms with Gasteiger partial charge in [-0.25, -0.2) is 0 Å². The first kappa shape index (κ1) is 16.1. The van der Waals surface area contributed by atoms with Gasteiger partial charge in [0, 0.05) is 19.1 Å².